The van der Waals surface area contributed by atoms with Gasteiger partial charge in [-0.15, -0.1) is 0 Å². The first kappa shape index (κ1) is 26.1. The average molecular weight is 548 g/mol. The number of carbonyl (C=O) groups excluding carboxylic acids is 2. The van der Waals surface area contributed by atoms with Crippen molar-refractivity contribution < 1.29 is 37.7 Å². The fourth-order valence-electron chi connectivity index (χ4n) is 5.54. The number of methoxy groups -OCH3 is 1. The molecule has 1 unspecified atom stereocenters. The van der Waals surface area contributed by atoms with Gasteiger partial charge < -0.3 is 28.6 Å². The second-order valence-electron chi connectivity index (χ2n) is 10.1. The van der Waals surface area contributed by atoms with E-state index in [9.17, 15) is 9.59 Å². The van der Waals surface area contributed by atoms with Crippen LogP contribution in [0.25, 0.3) is 0 Å². The molecule has 2 heterocycles. The number of benzene rings is 3. The zero-order valence-electron chi connectivity index (χ0n) is 22.2. The normalized spacial score (nSPS) is 19.4. The van der Waals surface area contributed by atoms with Crippen molar-refractivity contribution in [3.8, 4) is 23.0 Å². The summed E-state index contributed by atoms with van der Waals surface area (Å²) in [7, 11) is 1.37. The molecular weight excluding hydrogens is 517 g/mol. The lowest BCUT2D eigenvalue weighted by molar-refractivity contribution is -0.141. The Labute approximate surface area is 231 Å². The average Bonchev–Trinajstić information content (AvgIpc) is 3.59. The third-order valence-corrected chi connectivity index (χ3v) is 7.65. The number of fused-ring (bicyclic) bond motifs is 2. The van der Waals surface area contributed by atoms with Gasteiger partial charge in [0.2, 0.25) is 0 Å². The number of rotatable bonds is 7. The number of morpholine rings is 1. The van der Waals surface area contributed by atoms with Gasteiger partial charge in [0.1, 0.15) is 34.9 Å². The summed E-state index contributed by atoms with van der Waals surface area (Å²) >= 11 is 0. The lowest BCUT2D eigenvalue weighted by atomic mass is 9.98. The maximum atomic E-state index is 15.1. The van der Waals surface area contributed by atoms with E-state index in [0.29, 0.717) is 79.9 Å². The third-order valence-electron chi connectivity index (χ3n) is 7.65. The first-order valence-electron chi connectivity index (χ1n) is 13.5. The van der Waals surface area contributed by atoms with Crippen LogP contribution in [-0.4, -0.2) is 56.8 Å². The fraction of sp³-hybridized carbons (Fsp3) is 0.355. The molecule has 0 spiro atoms. The van der Waals surface area contributed by atoms with Crippen LogP contribution in [0.2, 0.25) is 0 Å². The standard InChI is InChI=1S/C31H30FNO7/c1-36-29(34)16-20-18-38-28-17-22(6-7-23(20)28)40-27-10-8-24-26(11-9-25(32)30(24)27)39-21-4-2-19(3-5-21)31(35)33-12-14-37-15-13-33/h2-7,9,11,17,20,27H,8,10,12-16,18H2,1H3/t20?,27-/m1/s1. The van der Waals surface area contributed by atoms with Gasteiger partial charge in [-0.05, 0) is 55.3 Å². The largest absolute Gasteiger partial charge is 0.492 e. The van der Waals surface area contributed by atoms with Crippen molar-refractivity contribution in [1.82, 2.24) is 4.90 Å². The molecule has 8 nitrogen and oxygen atoms in total. The van der Waals surface area contributed by atoms with Crippen molar-refractivity contribution in [2.75, 3.05) is 40.0 Å². The van der Waals surface area contributed by atoms with Crippen molar-refractivity contribution >= 4 is 11.9 Å². The van der Waals surface area contributed by atoms with E-state index >= 15 is 4.39 Å². The summed E-state index contributed by atoms with van der Waals surface area (Å²) in [6.45, 7) is 2.65. The van der Waals surface area contributed by atoms with E-state index in [-0.39, 0.29) is 30.0 Å². The second kappa shape index (κ2) is 11.2. The lowest BCUT2D eigenvalue weighted by Gasteiger charge is -2.26. The predicted octanol–water partition coefficient (Wildman–Crippen LogP) is 5.20. The Morgan fingerprint density at radius 1 is 1.02 bits per heavy atom. The minimum Gasteiger partial charge on any atom is -0.492 e. The van der Waals surface area contributed by atoms with Gasteiger partial charge in [-0.1, -0.05) is 6.07 Å². The van der Waals surface area contributed by atoms with Gasteiger partial charge in [-0.2, -0.15) is 0 Å². The van der Waals surface area contributed by atoms with Gasteiger partial charge in [0, 0.05) is 47.3 Å². The van der Waals surface area contributed by atoms with Gasteiger partial charge in [0.25, 0.3) is 5.91 Å². The molecule has 1 fully saturated rings. The van der Waals surface area contributed by atoms with Crippen LogP contribution in [0.5, 0.6) is 23.0 Å². The van der Waals surface area contributed by atoms with Crippen LogP contribution in [0.3, 0.4) is 0 Å². The number of nitrogens with zero attached hydrogens (tertiary/aromatic N) is 1. The van der Waals surface area contributed by atoms with Crippen LogP contribution < -0.4 is 14.2 Å². The van der Waals surface area contributed by atoms with Gasteiger partial charge in [0.15, 0.2) is 0 Å². The first-order valence-corrected chi connectivity index (χ1v) is 13.5. The predicted molar refractivity (Wildman–Crippen MR) is 143 cm³/mol. The Kier molecular flexibility index (Phi) is 7.30. The monoisotopic (exact) mass is 547 g/mol. The molecule has 0 radical (unpaired) electrons. The molecule has 3 aliphatic rings. The zero-order valence-corrected chi connectivity index (χ0v) is 22.2. The quantitative estimate of drug-likeness (QED) is 0.376. The van der Waals surface area contributed by atoms with E-state index in [1.807, 2.05) is 12.1 Å². The topological polar surface area (TPSA) is 83.5 Å². The molecule has 0 saturated carbocycles. The third kappa shape index (κ3) is 5.21. The second-order valence-corrected chi connectivity index (χ2v) is 10.1. The van der Waals surface area contributed by atoms with Crippen LogP contribution in [0.15, 0.2) is 54.6 Å². The van der Waals surface area contributed by atoms with Crippen LogP contribution >= 0.6 is 0 Å². The zero-order chi connectivity index (χ0) is 27.6. The van der Waals surface area contributed by atoms with Crippen molar-refractivity contribution in [3.05, 3.63) is 82.7 Å². The van der Waals surface area contributed by atoms with E-state index in [4.69, 9.17) is 23.7 Å². The Bertz CT molecular complexity index is 1420. The Hall–Kier alpha value is -4.11. The number of esters is 1. The van der Waals surface area contributed by atoms with Gasteiger partial charge in [-0.25, -0.2) is 4.39 Å². The fourth-order valence-corrected chi connectivity index (χ4v) is 5.54. The molecule has 3 aromatic carbocycles. The van der Waals surface area contributed by atoms with Crippen molar-refractivity contribution in [2.24, 2.45) is 0 Å². The van der Waals surface area contributed by atoms with Gasteiger partial charge in [-0.3, -0.25) is 9.59 Å². The van der Waals surface area contributed by atoms with E-state index in [1.54, 1.807) is 41.3 Å². The summed E-state index contributed by atoms with van der Waals surface area (Å²) in [5.74, 6) is 1.65. The summed E-state index contributed by atoms with van der Waals surface area (Å²) in [6, 6.07) is 15.5. The van der Waals surface area contributed by atoms with Gasteiger partial charge >= 0.3 is 5.97 Å². The Morgan fingerprint density at radius 2 is 1.80 bits per heavy atom. The van der Waals surface area contributed by atoms with Crippen LogP contribution in [0.1, 0.15) is 51.9 Å². The van der Waals surface area contributed by atoms with Crippen LogP contribution in [-0.2, 0) is 20.7 Å². The summed E-state index contributed by atoms with van der Waals surface area (Å²) in [5.41, 5.74) is 2.78. The molecule has 0 aromatic heterocycles. The molecule has 0 bridgehead atoms. The molecule has 208 valence electrons. The SMILES string of the molecule is COC(=O)CC1COc2cc(O[C@@H]3CCc4c(Oc5ccc(C(=O)N6CCOCC6)cc5)ccc(F)c43)ccc21. The summed E-state index contributed by atoms with van der Waals surface area (Å²) in [4.78, 5) is 26.2. The lowest BCUT2D eigenvalue weighted by Crippen LogP contribution is -2.40. The minimum atomic E-state index is -0.475. The maximum absolute atomic E-state index is 15.1. The van der Waals surface area contributed by atoms with E-state index in [2.05, 4.69) is 0 Å². The number of hydrogen-bond acceptors (Lipinski definition) is 7. The molecule has 9 heteroatoms. The molecule has 1 aliphatic carbocycles. The van der Waals surface area contributed by atoms with Crippen LogP contribution in [0, 0.1) is 5.82 Å². The number of ether oxygens (including phenoxy) is 5. The van der Waals surface area contributed by atoms with Gasteiger partial charge in [0.05, 0.1) is 33.4 Å². The van der Waals surface area contributed by atoms with E-state index in [1.165, 1.54) is 13.2 Å². The summed E-state index contributed by atoms with van der Waals surface area (Å²) in [5, 5.41) is 0. The highest BCUT2D eigenvalue weighted by atomic mass is 19.1. The number of amides is 1. The Balaban J connectivity index is 1.15. The maximum Gasteiger partial charge on any atom is 0.306 e. The first-order chi connectivity index (χ1) is 19.5. The van der Waals surface area contributed by atoms with Crippen molar-refractivity contribution in [1.29, 1.82) is 0 Å². The van der Waals surface area contributed by atoms with E-state index < -0.39 is 6.10 Å². The van der Waals surface area contributed by atoms with Crippen molar-refractivity contribution in [2.45, 2.75) is 31.3 Å². The molecule has 6 rings (SSSR count). The minimum absolute atomic E-state index is 0.0338. The summed E-state index contributed by atoms with van der Waals surface area (Å²) < 4.78 is 43.3. The molecule has 40 heavy (non-hydrogen) atoms. The van der Waals surface area contributed by atoms with E-state index in [0.717, 1.165) is 11.1 Å². The summed E-state index contributed by atoms with van der Waals surface area (Å²) in [6.07, 6.45) is 0.976. The van der Waals surface area contributed by atoms with Crippen LogP contribution in [0.4, 0.5) is 4.39 Å². The molecule has 2 atom stereocenters. The molecule has 3 aromatic rings. The highest BCUT2D eigenvalue weighted by Gasteiger charge is 2.32. The number of carbonyl (C=O) groups is 2. The van der Waals surface area contributed by atoms with Crippen molar-refractivity contribution in [3.63, 3.8) is 0 Å². The molecule has 1 saturated heterocycles. The molecule has 1 amide bonds. The molecular formula is C31H30FNO7. The highest BCUT2D eigenvalue weighted by molar-refractivity contribution is 5.94. The highest BCUT2D eigenvalue weighted by Crippen LogP contribution is 2.44. The molecule has 0 N–H and O–H groups in total. The number of halogens is 1. The smallest absolute Gasteiger partial charge is 0.306 e. The molecule has 2 aliphatic heterocycles. The Morgan fingerprint density at radius 3 is 2.58 bits per heavy atom. The number of hydrogen-bond donors (Lipinski definition) is 0.